The van der Waals surface area contributed by atoms with Gasteiger partial charge < -0.3 is 0 Å². The van der Waals surface area contributed by atoms with Gasteiger partial charge in [-0.25, -0.2) is 0 Å². The molecule has 0 aliphatic carbocycles. The minimum absolute atomic E-state index is 0.569. The molecular weight excluding hydrogens is 200 g/mol. The van der Waals surface area contributed by atoms with Crippen molar-refractivity contribution in [2.24, 2.45) is 0 Å². The first-order valence-electron chi connectivity index (χ1n) is 5.35. The Morgan fingerprint density at radius 1 is 0.812 bits per heavy atom. The van der Waals surface area contributed by atoms with Crippen LogP contribution in [-0.2, 0) is 0 Å². The van der Waals surface area contributed by atoms with E-state index in [1.807, 2.05) is 39.8 Å². The summed E-state index contributed by atoms with van der Waals surface area (Å²) in [6.45, 7) is 8.08. The van der Waals surface area contributed by atoms with Gasteiger partial charge in [-0.05, 0) is 26.0 Å². The highest BCUT2D eigenvalue weighted by atomic mass is 15.3. The van der Waals surface area contributed by atoms with E-state index in [-0.39, 0.29) is 0 Å². The third-order valence-corrected chi connectivity index (χ3v) is 1.89. The van der Waals surface area contributed by atoms with Crippen molar-refractivity contribution in [3.8, 4) is 11.4 Å². The van der Waals surface area contributed by atoms with Gasteiger partial charge in [-0.1, -0.05) is 31.0 Å². The van der Waals surface area contributed by atoms with Crippen LogP contribution >= 0.6 is 0 Å². The van der Waals surface area contributed by atoms with E-state index >= 15 is 0 Å². The maximum absolute atomic E-state index is 3.91. The molecule has 4 heteroatoms. The van der Waals surface area contributed by atoms with Crippen molar-refractivity contribution in [2.45, 2.75) is 27.7 Å². The highest BCUT2D eigenvalue weighted by molar-refractivity contribution is 5.56. The molecule has 2 rings (SSSR count). The van der Waals surface area contributed by atoms with Crippen LogP contribution in [0.15, 0.2) is 24.5 Å². The molecule has 0 fully saturated rings. The summed E-state index contributed by atoms with van der Waals surface area (Å²) in [5.41, 5.74) is 3.34. The predicted molar refractivity (Wildman–Crippen MR) is 63.9 cm³/mol. The van der Waals surface area contributed by atoms with Crippen LogP contribution < -0.4 is 0 Å². The first-order chi connectivity index (χ1) is 7.75. The second-order valence-electron chi connectivity index (χ2n) is 3.25. The van der Waals surface area contributed by atoms with Crippen LogP contribution in [0, 0.1) is 13.8 Å². The molecule has 1 aromatic carbocycles. The molecule has 0 saturated carbocycles. The molecule has 0 atom stereocenters. The van der Waals surface area contributed by atoms with Gasteiger partial charge in [0.2, 0.25) is 5.82 Å². The van der Waals surface area contributed by atoms with Crippen LogP contribution in [0.5, 0.6) is 0 Å². The molecule has 0 spiro atoms. The number of rotatable bonds is 1. The van der Waals surface area contributed by atoms with Crippen LogP contribution in [0.3, 0.4) is 0 Å². The third kappa shape index (κ3) is 3.08. The van der Waals surface area contributed by atoms with Crippen molar-refractivity contribution in [1.82, 2.24) is 20.4 Å². The quantitative estimate of drug-likeness (QED) is 0.735. The molecular formula is C12H16N4. The van der Waals surface area contributed by atoms with Crippen LogP contribution in [0.2, 0.25) is 0 Å². The largest absolute Gasteiger partial charge is 0.203 e. The van der Waals surface area contributed by atoms with Gasteiger partial charge in [0.15, 0.2) is 6.33 Å². The SMILES string of the molecule is CC.Cc1cc(C)cc(-c2nncnn2)c1. The van der Waals surface area contributed by atoms with Crippen molar-refractivity contribution >= 4 is 0 Å². The summed E-state index contributed by atoms with van der Waals surface area (Å²) in [7, 11) is 0. The molecule has 1 aromatic heterocycles. The summed E-state index contributed by atoms with van der Waals surface area (Å²) >= 11 is 0. The summed E-state index contributed by atoms with van der Waals surface area (Å²) in [4.78, 5) is 0. The van der Waals surface area contributed by atoms with Crippen molar-refractivity contribution < 1.29 is 0 Å². The monoisotopic (exact) mass is 216 g/mol. The molecule has 0 N–H and O–H groups in total. The van der Waals surface area contributed by atoms with Crippen molar-refractivity contribution in [1.29, 1.82) is 0 Å². The van der Waals surface area contributed by atoms with E-state index < -0.39 is 0 Å². The maximum atomic E-state index is 3.91. The van der Waals surface area contributed by atoms with Gasteiger partial charge in [-0.15, -0.1) is 20.4 Å². The van der Waals surface area contributed by atoms with Crippen LogP contribution in [-0.4, -0.2) is 20.4 Å². The molecule has 84 valence electrons. The Balaban J connectivity index is 0.000000606. The average Bonchev–Trinajstić information content (AvgIpc) is 2.32. The summed E-state index contributed by atoms with van der Waals surface area (Å²) in [5, 5.41) is 15.2. The second-order valence-corrected chi connectivity index (χ2v) is 3.25. The molecule has 16 heavy (non-hydrogen) atoms. The molecule has 0 unspecified atom stereocenters. The number of nitrogens with zero attached hydrogens (tertiary/aromatic N) is 4. The highest BCUT2D eigenvalue weighted by Crippen LogP contribution is 2.16. The van der Waals surface area contributed by atoms with Gasteiger partial charge in [0.25, 0.3) is 0 Å². The summed E-state index contributed by atoms with van der Waals surface area (Å²) in [5.74, 6) is 0.569. The fourth-order valence-electron chi connectivity index (χ4n) is 1.42. The Morgan fingerprint density at radius 2 is 1.31 bits per heavy atom. The summed E-state index contributed by atoms with van der Waals surface area (Å²) in [6, 6.07) is 6.14. The van der Waals surface area contributed by atoms with Crippen LogP contribution in [0.25, 0.3) is 11.4 Å². The molecule has 0 saturated heterocycles. The number of hydrogen-bond acceptors (Lipinski definition) is 4. The zero-order chi connectivity index (χ0) is 12.0. The van der Waals surface area contributed by atoms with Gasteiger partial charge in [0.1, 0.15) is 0 Å². The van der Waals surface area contributed by atoms with E-state index in [0.717, 1.165) is 5.56 Å². The summed E-state index contributed by atoms with van der Waals surface area (Å²) < 4.78 is 0. The molecule has 0 aliphatic heterocycles. The number of aryl methyl sites for hydroxylation is 2. The van der Waals surface area contributed by atoms with Crippen LogP contribution in [0.4, 0.5) is 0 Å². The second kappa shape index (κ2) is 5.90. The van der Waals surface area contributed by atoms with Crippen molar-refractivity contribution in [3.63, 3.8) is 0 Å². The van der Waals surface area contributed by atoms with Crippen molar-refractivity contribution in [3.05, 3.63) is 35.7 Å². The lowest BCUT2D eigenvalue weighted by Crippen LogP contribution is -1.94. The minimum Gasteiger partial charge on any atom is -0.135 e. The average molecular weight is 216 g/mol. The van der Waals surface area contributed by atoms with Gasteiger partial charge in [-0.2, -0.15) is 0 Å². The molecule has 0 bridgehead atoms. The maximum Gasteiger partial charge on any atom is 0.203 e. The Bertz CT molecular complexity index is 420. The zero-order valence-electron chi connectivity index (χ0n) is 10.1. The first-order valence-corrected chi connectivity index (χ1v) is 5.35. The van der Waals surface area contributed by atoms with Crippen molar-refractivity contribution in [2.75, 3.05) is 0 Å². The van der Waals surface area contributed by atoms with Gasteiger partial charge in [-0.3, -0.25) is 0 Å². The lowest BCUT2D eigenvalue weighted by Gasteiger charge is -2.01. The number of benzene rings is 1. The highest BCUT2D eigenvalue weighted by Gasteiger charge is 2.02. The molecule has 0 aliphatic rings. The Kier molecular flexibility index (Phi) is 4.51. The fourth-order valence-corrected chi connectivity index (χ4v) is 1.42. The van der Waals surface area contributed by atoms with Crippen LogP contribution in [0.1, 0.15) is 25.0 Å². The van der Waals surface area contributed by atoms with E-state index in [0.29, 0.717) is 5.82 Å². The van der Waals surface area contributed by atoms with E-state index in [9.17, 15) is 0 Å². The zero-order valence-corrected chi connectivity index (χ0v) is 10.1. The van der Waals surface area contributed by atoms with E-state index in [1.165, 1.54) is 17.5 Å². The molecule has 2 aromatic rings. The lowest BCUT2D eigenvalue weighted by atomic mass is 10.1. The Hall–Kier alpha value is -1.84. The molecule has 0 amide bonds. The predicted octanol–water partition coefficient (Wildman–Crippen LogP) is 2.58. The van der Waals surface area contributed by atoms with E-state index in [4.69, 9.17) is 0 Å². The standard InChI is InChI=1S/C10H10N4.C2H6/c1-7-3-8(2)5-9(4-7)10-13-11-6-12-14-10;1-2/h3-6H,1-2H3;1-2H3. The summed E-state index contributed by atoms with van der Waals surface area (Å²) in [6.07, 6.45) is 1.33. The Morgan fingerprint density at radius 3 is 1.81 bits per heavy atom. The third-order valence-electron chi connectivity index (χ3n) is 1.89. The van der Waals surface area contributed by atoms with E-state index in [2.05, 4.69) is 26.5 Å². The lowest BCUT2D eigenvalue weighted by molar-refractivity contribution is 0.864. The number of aromatic nitrogens is 4. The fraction of sp³-hybridized carbons (Fsp3) is 0.333. The normalized spacial score (nSPS) is 9.25. The number of hydrogen-bond donors (Lipinski definition) is 0. The smallest absolute Gasteiger partial charge is 0.135 e. The minimum atomic E-state index is 0.569. The van der Waals surface area contributed by atoms with E-state index in [1.54, 1.807) is 0 Å². The van der Waals surface area contributed by atoms with Gasteiger partial charge in [0.05, 0.1) is 0 Å². The Labute approximate surface area is 95.8 Å². The van der Waals surface area contributed by atoms with Gasteiger partial charge >= 0.3 is 0 Å². The first kappa shape index (κ1) is 12.2. The van der Waals surface area contributed by atoms with Gasteiger partial charge in [0, 0.05) is 5.56 Å². The molecule has 4 nitrogen and oxygen atoms in total. The topological polar surface area (TPSA) is 51.6 Å². The molecule has 1 heterocycles. The molecule has 0 radical (unpaired) electrons.